The average molecular weight is 195 g/mol. The molecule has 0 aliphatic carbocycles. The number of phenols is 1. The minimum atomic E-state index is -1.23. The van der Waals surface area contributed by atoms with Crippen molar-refractivity contribution in [1.82, 2.24) is 0 Å². The van der Waals surface area contributed by atoms with Crippen LogP contribution < -0.4 is 5.73 Å². The Balaban J connectivity index is 2.77. The zero-order valence-corrected chi connectivity index (χ0v) is 7.68. The van der Waals surface area contributed by atoms with Gasteiger partial charge in [-0.05, 0) is 24.1 Å². The molecule has 0 radical (unpaired) electrons. The maximum atomic E-state index is 10.6. The Bertz CT molecular complexity index is 310. The molecule has 1 unspecified atom stereocenters. The molecule has 1 aromatic rings. The van der Waals surface area contributed by atoms with E-state index in [9.17, 15) is 4.79 Å². The van der Waals surface area contributed by atoms with Crippen molar-refractivity contribution in [2.75, 3.05) is 6.61 Å². The summed E-state index contributed by atoms with van der Waals surface area (Å²) >= 11 is 0. The lowest BCUT2D eigenvalue weighted by Crippen LogP contribution is -2.47. The van der Waals surface area contributed by atoms with Gasteiger partial charge in [0, 0.05) is 0 Å². The van der Waals surface area contributed by atoms with Crippen molar-refractivity contribution in [3.05, 3.63) is 29.8 Å². The van der Waals surface area contributed by atoms with E-state index in [1.54, 1.807) is 12.1 Å². The molecule has 0 heterocycles. The summed E-state index contributed by atoms with van der Waals surface area (Å²) in [4.78, 5) is 10.6. The van der Waals surface area contributed by atoms with E-state index in [1.807, 2.05) is 0 Å². The molecule has 4 nitrogen and oxygen atoms in total. The number of nitrogens with two attached hydrogens (primary N) is 1. The maximum Gasteiger partial charge on any atom is 0.142 e. The molecule has 0 aliphatic rings. The molecule has 1 atom stereocenters. The number of carbonyl (C=O) groups excluding carboxylic acids is 1. The highest BCUT2D eigenvalue weighted by Gasteiger charge is 2.23. The van der Waals surface area contributed by atoms with E-state index < -0.39 is 12.1 Å². The summed E-state index contributed by atoms with van der Waals surface area (Å²) in [5.74, 6) is 0.159. The number of aromatic hydroxyl groups is 1. The maximum absolute atomic E-state index is 10.6. The molecular formula is C10H13NO3. The van der Waals surface area contributed by atoms with Gasteiger partial charge in [0.2, 0.25) is 0 Å². The van der Waals surface area contributed by atoms with Crippen LogP contribution in [0.25, 0.3) is 0 Å². The van der Waals surface area contributed by atoms with Crippen molar-refractivity contribution < 1.29 is 15.0 Å². The highest BCUT2D eigenvalue weighted by molar-refractivity contribution is 5.64. The van der Waals surface area contributed by atoms with Gasteiger partial charge in [0.15, 0.2) is 0 Å². The first-order chi connectivity index (χ1) is 6.59. The molecule has 4 heteroatoms. The van der Waals surface area contributed by atoms with E-state index >= 15 is 0 Å². The van der Waals surface area contributed by atoms with Gasteiger partial charge in [-0.1, -0.05) is 12.1 Å². The first-order valence-electron chi connectivity index (χ1n) is 4.23. The van der Waals surface area contributed by atoms with Gasteiger partial charge in [-0.2, -0.15) is 0 Å². The summed E-state index contributed by atoms with van der Waals surface area (Å²) in [6.45, 7) is -0.391. The van der Waals surface area contributed by atoms with Gasteiger partial charge in [-0.25, -0.2) is 0 Å². The minimum absolute atomic E-state index is 0.159. The number of phenolic OH excluding ortho intramolecular Hbond substituents is 1. The molecule has 4 N–H and O–H groups in total. The topological polar surface area (TPSA) is 83.6 Å². The number of rotatable bonds is 4. The lowest BCUT2D eigenvalue weighted by Gasteiger charge is -2.19. The standard InChI is InChI=1S/C10H13NO3/c11-10(6-12,7-13)5-8-1-3-9(14)4-2-8/h1-4,6,13-14H,5,7,11H2. The predicted octanol–water partition coefficient (Wildman–Crippen LogP) is -0.177. The third kappa shape index (κ3) is 2.55. The van der Waals surface area contributed by atoms with Crippen LogP contribution in [0.2, 0.25) is 0 Å². The van der Waals surface area contributed by atoms with Gasteiger partial charge >= 0.3 is 0 Å². The molecular weight excluding hydrogens is 182 g/mol. The van der Waals surface area contributed by atoms with Crippen molar-refractivity contribution in [2.24, 2.45) is 5.73 Å². The number of benzene rings is 1. The molecule has 0 saturated carbocycles. The number of carbonyl (C=O) groups is 1. The number of hydrogen-bond acceptors (Lipinski definition) is 4. The van der Waals surface area contributed by atoms with Crippen LogP contribution in [-0.2, 0) is 11.2 Å². The Morgan fingerprint density at radius 1 is 1.36 bits per heavy atom. The van der Waals surface area contributed by atoms with E-state index in [0.717, 1.165) is 5.56 Å². The van der Waals surface area contributed by atoms with Crippen LogP contribution in [-0.4, -0.2) is 28.6 Å². The van der Waals surface area contributed by atoms with Crippen molar-refractivity contribution in [1.29, 1.82) is 0 Å². The molecule has 0 saturated heterocycles. The third-order valence-electron chi connectivity index (χ3n) is 2.00. The van der Waals surface area contributed by atoms with Gasteiger partial charge < -0.3 is 20.7 Å². The molecule has 0 bridgehead atoms. The van der Waals surface area contributed by atoms with Gasteiger partial charge in [0.25, 0.3) is 0 Å². The Labute approximate surface area is 82.0 Å². The first kappa shape index (κ1) is 10.7. The lowest BCUT2D eigenvalue weighted by atomic mass is 9.94. The quantitative estimate of drug-likeness (QED) is 0.582. The van der Waals surface area contributed by atoms with Crippen LogP contribution in [0.3, 0.4) is 0 Å². The smallest absolute Gasteiger partial charge is 0.142 e. The van der Waals surface area contributed by atoms with Gasteiger partial charge in [0.05, 0.1) is 12.1 Å². The molecule has 0 aliphatic heterocycles. The zero-order valence-electron chi connectivity index (χ0n) is 7.68. The van der Waals surface area contributed by atoms with Crippen LogP contribution >= 0.6 is 0 Å². The Morgan fingerprint density at radius 3 is 2.36 bits per heavy atom. The number of aliphatic hydroxyl groups excluding tert-OH is 1. The fourth-order valence-electron chi connectivity index (χ4n) is 1.13. The van der Waals surface area contributed by atoms with Crippen LogP contribution in [0.5, 0.6) is 5.75 Å². The van der Waals surface area contributed by atoms with Gasteiger partial charge in [-0.15, -0.1) is 0 Å². The Kier molecular flexibility index (Phi) is 3.22. The summed E-state index contributed by atoms with van der Waals surface area (Å²) in [6, 6.07) is 6.35. The average Bonchev–Trinajstić information content (AvgIpc) is 2.21. The molecule has 0 fully saturated rings. The van der Waals surface area contributed by atoms with Crippen molar-refractivity contribution in [3.63, 3.8) is 0 Å². The number of aldehydes is 1. The highest BCUT2D eigenvalue weighted by Crippen LogP contribution is 2.13. The second-order valence-corrected chi connectivity index (χ2v) is 3.35. The second-order valence-electron chi connectivity index (χ2n) is 3.35. The monoisotopic (exact) mass is 195 g/mol. The summed E-state index contributed by atoms with van der Waals surface area (Å²) in [5, 5.41) is 17.9. The van der Waals surface area contributed by atoms with E-state index in [2.05, 4.69) is 0 Å². The molecule has 0 spiro atoms. The van der Waals surface area contributed by atoms with Crippen LogP contribution in [0.1, 0.15) is 5.56 Å². The summed E-state index contributed by atoms with van der Waals surface area (Å²) in [6.07, 6.45) is 0.799. The second kappa shape index (κ2) is 4.21. The van der Waals surface area contributed by atoms with E-state index in [0.29, 0.717) is 6.29 Å². The van der Waals surface area contributed by atoms with Gasteiger partial charge in [0.1, 0.15) is 12.0 Å². The van der Waals surface area contributed by atoms with E-state index in [4.69, 9.17) is 15.9 Å². The van der Waals surface area contributed by atoms with Crippen molar-refractivity contribution in [2.45, 2.75) is 12.0 Å². The minimum Gasteiger partial charge on any atom is -0.508 e. The molecule has 14 heavy (non-hydrogen) atoms. The predicted molar refractivity (Wildman–Crippen MR) is 51.9 cm³/mol. The third-order valence-corrected chi connectivity index (χ3v) is 2.00. The van der Waals surface area contributed by atoms with Crippen molar-refractivity contribution in [3.8, 4) is 5.75 Å². The molecule has 76 valence electrons. The largest absolute Gasteiger partial charge is 0.508 e. The lowest BCUT2D eigenvalue weighted by molar-refractivity contribution is -0.113. The van der Waals surface area contributed by atoms with E-state index in [-0.39, 0.29) is 12.2 Å². The summed E-state index contributed by atoms with van der Waals surface area (Å²) < 4.78 is 0. The molecule has 1 rings (SSSR count). The molecule has 1 aromatic carbocycles. The summed E-state index contributed by atoms with van der Waals surface area (Å²) in [7, 11) is 0. The first-order valence-corrected chi connectivity index (χ1v) is 4.23. The Morgan fingerprint density at radius 2 is 1.93 bits per heavy atom. The molecule has 0 aromatic heterocycles. The molecule has 0 amide bonds. The van der Waals surface area contributed by atoms with Crippen LogP contribution in [0, 0.1) is 0 Å². The van der Waals surface area contributed by atoms with Crippen LogP contribution in [0.4, 0.5) is 0 Å². The SMILES string of the molecule is NC(C=O)(CO)Cc1ccc(O)cc1. The highest BCUT2D eigenvalue weighted by atomic mass is 16.3. The van der Waals surface area contributed by atoms with E-state index in [1.165, 1.54) is 12.1 Å². The van der Waals surface area contributed by atoms with Crippen LogP contribution in [0.15, 0.2) is 24.3 Å². The fraction of sp³-hybridized carbons (Fsp3) is 0.300. The summed E-state index contributed by atoms with van der Waals surface area (Å²) in [5.41, 5.74) is 5.16. The normalized spacial score (nSPS) is 14.7. The van der Waals surface area contributed by atoms with Gasteiger partial charge in [-0.3, -0.25) is 0 Å². The number of aliphatic hydroxyl groups is 1. The number of hydrogen-bond donors (Lipinski definition) is 3. The fourth-order valence-corrected chi connectivity index (χ4v) is 1.13. The van der Waals surface area contributed by atoms with Crippen molar-refractivity contribution >= 4 is 6.29 Å². The Hall–Kier alpha value is -1.39. The zero-order chi connectivity index (χ0) is 10.6.